The standard InChI is InChI=1S/C23H25N3O2S/c1-3-16-8-9-19-20(14-16)29-23(24-19)25-21(27)17-10-12-26(13-11-17)22(28)18-7-5-4-6-15(18)2/h4-9,14,17H,3,10-13H2,1-2H3,(H,24,25,27). The lowest BCUT2D eigenvalue weighted by Gasteiger charge is -2.31. The number of nitrogens with one attached hydrogen (secondary N) is 1. The van der Waals surface area contributed by atoms with Crippen LogP contribution in [0, 0.1) is 12.8 Å². The molecular formula is C23H25N3O2S. The molecule has 0 aliphatic carbocycles. The minimum Gasteiger partial charge on any atom is -0.339 e. The van der Waals surface area contributed by atoms with Crippen LogP contribution in [0.3, 0.4) is 0 Å². The highest BCUT2D eigenvalue weighted by Gasteiger charge is 2.28. The molecule has 29 heavy (non-hydrogen) atoms. The van der Waals surface area contributed by atoms with E-state index in [0.29, 0.717) is 31.1 Å². The van der Waals surface area contributed by atoms with E-state index in [-0.39, 0.29) is 17.7 Å². The molecule has 1 aromatic heterocycles. The van der Waals surface area contributed by atoms with Crippen LogP contribution in [-0.4, -0.2) is 34.8 Å². The molecule has 3 aromatic rings. The van der Waals surface area contributed by atoms with Gasteiger partial charge < -0.3 is 10.2 Å². The fourth-order valence-electron chi connectivity index (χ4n) is 3.78. The Balaban J connectivity index is 1.37. The van der Waals surface area contributed by atoms with Crippen LogP contribution in [0.5, 0.6) is 0 Å². The predicted octanol–water partition coefficient (Wildman–Crippen LogP) is 4.66. The van der Waals surface area contributed by atoms with Gasteiger partial charge in [-0.25, -0.2) is 4.98 Å². The van der Waals surface area contributed by atoms with E-state index in [1.165, 1.54) is 16.9 Å². The second-order valence-corrected chi connectivity index (χ2v) is 8.58. The molecular weight excluding hydrogens is 382 g/mol. The third kappa shape index (κ3) is 4.17. The largest absolute Gasteiger partial charge is 0.339 e. The number of carbonyl (C=O) groups is 2. The summed E-state index contributed by atoms with van der Waals surface area (Å²) in [5.41, 5.74) is 3.92. The normalized spacial score (nSPS) is 14.9. The molecule has 0 saturated carbocycles. The number of aryl methyl sites for hydroxylation is 2. The second-order valence-electron chi connectivity index (χ2n) is 7.55. The lowest BCUT2D eigenvalue weighted by Crippen LogP contribution is -2.41. The Morgan fingerprint density at radius 1 is 1.17 bits per heavy atom. The molecule has 0 bridgehead atoms. The number of nitrogens with zero attached hydrogens (tertiary/aromatic N) is 2. The van der Waals surface area contributed by atoms with Gasteiger partial charge >= 0.3 is 0 Å². The van der Waals surface area contributed by atoms with Crippen molar-refractivity contribution in [1.82, 2.24) is 9.88 Å². The summed E-state index contributed by atoms with van der Waals surface area (Å²) in [5, 5.41) is 3.64. The van der Waals surface area contributed by atoms with Crippen LogP contribution in [0.4, 0.5) is 5.13 Å². The van der Waals surface area contributed by atoms with Gasteiger partial charge in [-0.3, -0.25) is 9.59 Å². The van der Waals surface area contributed by atoms with E-state index in [2.05, 4.69) is 29.4 Å². The van der Waals surface area contributed by atoms with Crippen molar-refractivity contribution in [1.29, 1.82) is 0 Å². The third-order valence-electron chi connectivity index (χ3n) is 5.62. The molecule has 2 heterocycles. The van der Waals surface area contributed by atoms with Gasteiger partial charge in [-0.15, -0.1) is 0 Å². The van der Waals surface area contributed by atoms with Crippen molar-refractivity contribution in [3.63, 3.8) is 0 Å². The zero-order valence-corrected chi connectivity index (χ0v) is 17.6. The highest BCUT2D eigenvalue weighted by molar-refractivity contribution is 7.22. The van der Waals surface area contributed by atoms with Crippen molar-refractivity contribution >= 4 is 38.5 Å². The first-order valence-electron chi connectivity index (χ1n) is 10.1. The molecule has 0 spiro atoms. The van der Waals surface area contributed by atoms with Gasteiger partial charge in [0.15, 0.2) is 5.13 Å². The number of amides is 2. The van der Waals surface area contributed by atoms with Gasteiger partial charge in [-0.2, -0.15) is 0 Å². The molecule has 1 N–H and O–H groups in total. The Kier molecular flexibility index (Phi) is 5.62. The molecule has 1 saturated heterocycles. The number of carbonyl (C=O) groups excluding carboxylic acids is 2. The van der Waals surface area contributed by atoms with Crippen LogP contribution < -0.4 is 5.32 Å². The maximum absolute atomic E-state index is 12.8. The summed E-state index contributed by atoms with van der Waals surface area (Å²) in [5.74, 6) is -0.0308. The third-order valence-corrected chi connectivity index (χ3v) is 6.55. The molecule has 0 radical (unpaired) electrons. The van der Waals surface area contributed by atoms with E-state index >= 15 is 0 Å². The Morgan fingerprint density at radius 2 is 1.93 bits per heavy atom. The molecule has 1 fully saturated rings. The summed E-state index contributed by atoms with van der Waals surface area (Å²) >= 11 is 1.52. The monoisotopic (exact) mass is 407 g/mol. The molecule has 0 atom stereocenters. The molecule has 1 aliphatic heterocycles. The maximum atomic E-state index is 12.8. The van der Waals surface area contributed by atoms with Crippen molar-refractivity contribution in [3.05, 3.63) is 59.2 Å². The van der Waals surface area contributed by atoms with Crippen LogP contribution in [0.25, 0.3) is 10.2 Å². The summed E-state index contributed by atoms with van der Waals surface area (Å²) in [7, 11) is 0. The minimum absolute atomic E-state index is 0.00256. The van der Waals surface area contributed by atoms with Gasteiger partial charge in [0.25, 0.3) is 5.91 Å². The summed E-state index contributed by atoms with van der Waals surface area (Å²) in [6.45, 7) is 5.28. The molecule has 0 unspecified atom stereocenters. The van der Waals surface area contributed by atoms with Gasteiger partial charge in [0.05, 0.1) is 10.2 Å². The number of piperidine rings is 1. The maximum Gasteiger partial charge on any atom is 0.254 e. The number of likely N-dealkylation sites (tertiary alicyclic amines) is 1. The van der Waals surface area contributed by atoms with E-state index in [1.807, 2.05) is 42.2 Å². The van der Waals surface area contributed by atoms with Crippen molar-refractivity contribution in [2.45, 2.75) is 33.1 Å². The molecule has 2 aromatic carbocycles. The van der Waals surface area contributed by atoms with Crippen molar-refractivity contribution < 1.29 is 9.59 Å². The van der Waals surface area contributed by atoms with Gasteiger partial charge in [0, 0.05) is 24.6 Å². The van der Waals surface area contributed by atoms with Crippen LogP contribution in [0.2, 0.25) is 0 Å². The molecule has 6 heteroatoms. The first kappa shape index (κ1) is 19.6. The van der Waals surface area contributed by atoms with Crippen LogP contribution in [0.1, 0.15) is 41.3 Å². The topological polar surface area (TPSA) is 62.3 Å². The van der Waals surface area contributed by atoms with Crippen LogP contribution >= 0.6 is 11.3 Å². The van der Waals surface area contributed by atoms with Crippen LogP contribution in [0.15, 0.2) is 42.5 Å². The number of rotatable bonds is 4. The molecule has 2 amide bonds. The van der Waals surface area contributed by atoms with E-state index in [0.717, 1.165) is 27.8 Å². The lowest BCUT2D eigenvalue weighted by molar-refractivity contribution is -0.121. The summed E-state index contributed by atoms with van der Waals surface area (Å²) in [6.07, 6.45) is 2.33. The quantitative estimate of drug-likeness (QED) is 0.684. The SMILES string of the molecule is CCc1ccc2nc(NC(=O)C3CCN(C(=O)c4ccccc4C)CC3)sc2c1. The average molecular weight is 408 g/mol. The molecule has 150 valence electrons. The molecule has 4 rings (SSSR count). The number of fused-ring (bicyclic) bond motifs is 1. The van der Waals surface area contributed by atoms with Crippen molar-refractivity contribution in [2.75, 3.05) is 18.4 Å². The summed E-state index contributed by atoms with van der Waals surface area (Å²) in [6, 6.07) is 13.9. The number of hydrogen-bond acceptors (Lipinski definition) is 4. The van der Waals surface area contributed by atoms with Gasteiger partial charge in [-0.1, -0.05) is 42.5 Å². The first-order chi connectivity index (χ1) is 14.0. The zero-order chi connectivity index (χ0) is 20.4. The van der Waals surface area contributed by atoms with E-state index in [1.54, 1.807) is 0 Å². The first-order valence-corrected chi connectivity index (χ1v) is 10.9. The number of aromatic nitrogens is 1. The molecule has 5 nitrogen and oxygen atoms in total. The second kappa shape index (κ2) is 8.33. The van der Waals surface area contributed by atoms with Crippen LogP contribution in [-0.2, 0) is 11.2 Å². The molecule has 1 aliphatic rings. The number of benzene rings is 2. The van der Waals surface area contributed by atoms with E-state index < -0.39 is 0 Å². The number of thiazole rings is 1. The van der Waals surface area contributed by atoms with Crippen molar-refractivity contribution in [2.24, 2.45) is 5.92 Å². The fraction of sp³-hybridized carbons (Fsp3) is 0.348. The van der Waals surface area contributed by atoms with Crippen molar-refractivity contribution in [3.8, 4) is 0 Å². The summed E-state index contributed by atoms with van der Waals surface area (Å²) < 4.78 is 1.10. The Labute approximate surface area is 174 Å². The fourth-order valence-corrected chi connectivity index (χ4v) is 4.71. The lowest BCUT2D eigenvalue weighted by atomic mass is 9.95. The zero-order valence-electron chi connectivity index (χ0n) is 16.8. The Morgan fingerprint density at radius 3 is 2.66 bits per heavy atom. The predicted molar refractivity (Wildman–Crippen MR) is 117 cm³/mol. The van der Waals surface area contributed by atoms with E-state index in [4.69, 9.17) is 0 Å². The van der Waals surface area contributed by atoms with Gasteiger partial charge in [0.2, 0.25) is 5.91 Å². The number of anilines is 1. The van der Waals surface area contributed by atoms with Gasteiger partial charge in [-0.05, 0) is 55.5 Å². The minimum atomic E-state index is -0.0888. The number of hydrogen-bond donors (Lipinski definition) is 1. The van der Waals surface area contributed by atoms with E-state index in [9.17, 15) is 9.59 Å². The highest BCUT2D eigenvalue weighted by atomic mass is 32.1. The summed E-state index contributed by atoms with van der Waals surface area (Å²) in [4.78, 5) is 31.9. The van der Waals surface area contributed by atoms with Gasteiger partial charge in [0.1, 0.15) is 0 Å². The highest BCUT2D eigenvalue weighted by Crippen LogP contribution is 2.28. The Hall–Kier alpha value is -2.73. The smallest absolute Gasteiger partial charge is 0.254 e. The Bertz CT molecular complexity index is 1050. The average Bonchev–Trinajstić information content (AvgIpc) is 3.15.